The average molecular weight is 457 g/mol. The minimum Gasteiger partial charge on any atom is -0.490 e. The van der Waals surface area contributed by atoms with Crippen molar-refractivity contribution in [3.8, 4) is 5.75 Å². The van der Waals surface area contributed by atoms with Gasteiger partial charge in [-0.2, -0.15) is 13.2 Å². The highest BCUT2D eigenvalue weighted by Gasteiger charge is 2.57. The van der Waals surface area contributed by atoms with E-state index in [1.807, 2.05) is 0 Å². The van der Waals surface area contributed by atoms with Crippen molar-refractivity contribution in [1.29, 1.82) is 0 Å². The second-order valence-corrected chi connectivity index (χ2v) is 8.89. The molecule has 5 rings (SSSR count). The maximum Gasteiger partial charge on any atom is 0.416 e. The zero-order valence-electron chi connectivity index (χ0n) is 17.1. The second-order valence-electron chi connectivity index (χ2n) is 8.89. The van der Waals surface area contributed by atoms with Crippen molar-refractivity contribution >= 4 is 11.9 Å². The fraction of sp³-hybridized carbons (Fsp3) is 0.619. The van der Waals surface area contributed by atoms with E-state index in [-0.39, 0.29) is 60.8 Å². The molecule has 174 valence electrons. The van der Waals surface area contributed by atoms with E-state index in [1.54, 1.807) is 9.80 Å². The SMILES string of the molecule is O=C1CO[C@H]2CCN(C(=O)N3C[C@@H]4[C@@H](COc5ccc(C(F)(F)F)cc5F)[C@@H]4C3)C[C@H]2N1. The minimum absolute atomic E-state index is 0.0594. The monoisotopic (exact) mass is 457 g/mol. The number of rotatable bonds is 3. The van der Waals surface area contributed by atoms with E-state index in [9.17, 15) is 27.2 Å². The molecule has 1 aromatic rings. The number of morpholine rings is 1. The summed E-state index contributed by atoms with van der Waals surface area (Å²) >= 11 is 0. The molecule has 7 nitrogen and oxygen atoms in total. The zero-order chi connectivity index (χ0) is 22.6. The van der Waals surface area contributed by atoms with Crippen molar-refractivity contribution in [1.82, 2.24) is 15.1 Å². The third-order valence-corrected chi connectivity index (χ3v) is 6.93. The Bertz CT molecular complexity index is 915. The highest BCUT2D eigenvalue weighted by atomic mass is 19.4. The topological polar surface area (TPSA) is 71.1 Å². The van der Waals surface area contributed by atoms with Gasteiger partial charge in [0.05, 0.1) is 24.3 Å². The highest BCUT2D eigenvalue weighted by Crippen LogP contribution is 2.52. The van der Waals surface area contributed by atoms with Crippen molar-refractivity contribution in [3.05, 3.63) is 29.6 Å². The van der Waals surface area contributed by atoms with Crippen LogP contribution in [-0.4, -0.2) is 73.3 Å². The number of fused-ring (bicyclic) bond motifs is 2. The van der Waals surface area contributed by atoms with E-state index in [0.717, 1.165) is 12.1 Å². The van der Waals surface area contributed by atoms with Gasteiger partial charge in [0.2, 0.25) is 5.91 Å². The van der Waals surface area contributed by atoms with E-state index >= 15 is 0 Å². The van der Waals surface area contributed by atoms with E-state index in [2.05, 4.69) is 5.32 Å². The first kappa shape index (κ1) is 21.3. The number of nitrogens with one attached hydrogen (secondary N) is 1. The number of ether oxygens (including phenoxy) is 2. The molecule has 1 saturated carbocycles. The van der Waals surface area contributed by atoms with Gasteiger partial charge in [0.25, 0.3) is 0 Å². The van der Waals surface area contributed by atoms with Crippen LogP contribution >= 0.6 is 0 Å². The Hall–Kier alpha value is -2.56. The Morgan fingerprint density at radius 2 is 1.94 bits per heavy atom. The van der Waals surface area contributed by atoms with Crippen molar-refractivity contribution in [2.45, 2.75) is 24.7 Å². The molecule has 4 fully saturated rings. The van der Waals surface area contributed by atoms with Gasteiger partial charge in [-0.1, -0.05) is 0 Å². The molecule has 0 spiro atoms. The van der Waals surface area contributed by atoms with Crippen LogP contribution in [0.4, 0.5) is 22.4 Å². The number of likely N-dealkylation sites (tertiary alicyclic amines) is 2. The molecule has 11 heteroatoms. The van der Waals surface area contributed by atoms with Crippen LogP contribution in [0.1, 0.15) is 12.0 Å². The Kier molecular flexibility index (Phi) is 5.18. The van der Waals surface area contributed by atoms with Crippen LogP contribution in [0, 0.1) is 23.6 Å². The molecule has 4 aliphatic rings. The molecule has 32 heavy (non-hydrogen) atoms. The van der Waals surface area contributed by atoms with Gasteiger partial charge in [-0.05, 0) is 36.5 Å². The molecule has 1 aromatic carbocycles. The fourth-order valence-electron chi connectivity index (χ4n) is 5.11. The number of alkyl halides is 3. The molecule has 3 saturated heterocycles. The first-order chi connectivity index (χ1) is 15.2. The zero-order valence-corrected chi connectivity index (χ0v) is 17.1. The Labute approximate surface area is 181 Å². The summed E-state index contributed by atoms with van der Waals surface area (Å²) in [6.07, 6.45) is -3.99. The van der Waals surface area contributed by atoms with Gasteiger partial charge in [-0.25, -0.2) is 9.18 Å². The summed E-state index contributed by atoms with van der Waals surface area (Å²) in [6, 6.07) is 1.99. The third kappa shape index (κ3) is 3.98. The number of piperidine rings is 2. The number of carbonyl (C=O) groups is 2. The fourth-order valence-corrected chi connectivity index (χ4v) is 5.11. The summed E-state index contributed by atoms with van der Waals surface area (Å²) in [4.78, 5) is 28.0. The quantitative estimate of drug-likeness (QED) is 0.706. The molecule has 0 unspecified atom stereocenters. The Morgan fingerprint density at radius 1 is 1.19 bits per heavy atom. The molecule has 3 aliphatic heterocycles. The summed E-state index contributed by atoms with van der Waals surface area (Å²) in [5.41, 5.74) is -1.05. The predicted octanol–water partition coefficient (Wildman–Crippen LogP) is 2.11. The second kappa shape index (κ2) is 7.79. The summed E-state index contributed by atoms with van der Waals surface area (Å²) in [5, 5.41) is 2.88. The molecule has 0 bridgehead atoms. The van der Waals surface area contributed by atoms with Crippen molar-refractivity contribution in [2.75, 3.05) is 39.4 Å². The number of halogens is 4. The van der Waals surface area contributed by atoms with E-state index in [4.69, 9.17) is 9.47 Å². The summed E-state index contributed by atoms with van der Waals surface area (Å²) < 4.78 is 62.8. The third-order valence-electron chi connectivity index (χ3n) is 6.93. The lowest BCUT2D eigenvalue weighted by molar-refractivity contribution is -0.140. The number of hydrogen-bond donors (Lipinski definition) is 1. The predicted molar refractivity (Wildman–Crippen MR) is 102 cm³/mol. The number of nitrogens with zero attached hydrogens (tertiary/aromatic N) is 2. The van der Waals surface area contributed by atoms with Crippen molar-refractivity contribution in [3.63, 3.8) is 0 Å². The molecular weight excluding hydrogens is 434 g/mol. The molecule has 3 amide bonds. The molecule has 0 aromatic heterocycles. The smallest absolute Gasteiger partial charge is 0.416 e. The van der Waals surface area contributed by atoms with Crippen LogP contribution < -0.4 is 10.1 Å². The number of carbonyl (C=O) groups excluding carboxylic acids is 2. The van der Waals surface area contributed by atoms with Gasteiger partial charge in [-0.15, -0.1) is 0 Å². The van der Waals surface area contributed by atoms with Gasteiger partial charge < -0.3 is 24.6 Å². The van der Waals surface area contributed by atoms with Gasteiger partial charge in [0.1, 0.15) is 6.61 Å². The standard InChI is InChI=1S/C21H23F4N3O4/c22-15-5-11(21(23,24)25)1-2-17(15)31-9-14-12-6-28(7-13(12)14)20(30)27-4-3-18-16(8-27)26-19(29)10-32-18/h1-2,5,12-14,16,18H,3-4,6-10H2,(H,26,29)/t12-,13+,14+,16-,18+/m1/s1. The van der Waals surface area contributed by atoms with Gasteiger partial charge in [-0.3, -0.25) is 4.79 Å². The van der Waals surface area contributed by atoms with Crippen LogP contribution in [0.3, 0.4) is 0 Å². The van der Waals surface area contributed by atoms with Crippen LogP contribution in [-0.2, 0) is 15.7 Å². The lowest BCUT2D eigenvalue weighted by Crippen LogP contribution is -2.62. The summed E-state index contributed by atoms with van der Waals surface area (Å²) in [6.45, 7) is 2.39. The number of urea groups is 1. The maximum atomic E-state index is 13.9. The van der Waals surface area contributed by atoms with Gasteiger partial charge in [0.15, 0.2) is 11.6 Å². The Morgan fingerprint density at radius 3 is 2.62 bits per heavy atom. The molecule has 0 radical (unpaired) electrons. The largest absolute Gasteiger partial charge is 0.490 e. The van der Waals surface area contributed by atoms with Crippen molar-refractivity contribution < 1.29 is 36.6 Å². The van der Waals surface area contributed by atoms with Crippen LogP contribution in [0.5, 0.6) is 5.75 Å². The molecule has 5 atom stereocenters. The van der Waals surface area contributed by atoms with Gasteiger partial charge in [0, 0.05) is 32.1 Å². The van der Waals surface area contributed by atoms with Gasteiger partial charge >= 0.3 is 12.2 Å². The lowest BCUT2D eigenvalue weighted by Gasteiger charge is -2.42. The highest BCUT2D eigenvalue weighted by molar-refractivity contribution is 5.79. The molecule has 1 N–H and O–H groups in total. The van der Waals surface area contributed by atoms with Crippen LogP contribution in [0.15, 0.2) is 18.2 Å². The minimum atomic E-state index is -4.60. The number of amides is 3. The maximum absolute atomic E-state index is 13.9. The van der Waals surface area contributed by atoms with Crippen molar-refractivity contribution in [2.24, 2.45) is 17.8 Å². The molecular formula is C21H23F4N3O4. The Balaban J connectivity index is 1.10. The first-order valence-electron chi connectivity index (χ1n) is 10.6. The average Bonchev–Trinajstić information content (AvgIpc) is 3.19. The molecule has 1 aliphatic carbocycles. The van der Waals surface area contributed by atoms with E-state index < -0.39 is 17.6 Å². The van der Waals surface area contributed by atoms with E-state index in [0.29, 0.717) is 38.7 Å². The number of benzene rings is 1. The summed E-state index contributed by atoms with van der Waals surface area (Å²) in [5.74, 6) is -0.772. The normalized spacial score (nSPS) is 31.6. The first-order valence-corrected chi connectivity index (χ1v) is 10.6. The lowest BCUT2D eigenvalue weighted by atomic mass is 10.0. The molecule has 3 heterocycles. The van der Waals surface area contributed by atoms with E-state index in [1.165, 1.54) is 0 Å². The van der Waals surface area contributed by atoms with Crippen LogP contribution in [0.25, 0.3) is 0 Å². The van der Waals surface area contributed by atoms with Crippen LogP contribution in [0.2, 0.25) is 0 Å². The summed E-state index contributed by atoms with van der Waals surface area (Å²) in [7, 11) is 0. The number of hydrogen-bond acceptors (Lipinski definition) is 4.